The van der Waals surface area contributed by atoms with Gasteiger partial charge in [0.05, 0.1) is 0 Å². The van der Waals surface area contributed by atoms with Crippen molar-refractivity contribution >= 4 is 18.5 Å². The predicted molar refractivity (Wildman–Crippen MR) is 85.0 cm³/mol. The van der Waals surface area contributed by atoms with E-state index in [0.29, 0.717) is 12.3 Å². The van der Waals surface area contributed by atoms with E-state index in [1.54, 1.807) is 0 Å². The van der Waals surface area contributed by atoms with Gasteiger partial charge < -0.3 is 15.0 Å². The highest BCUT2D eigenvalue weighted by atomic mass is 35.5. The van der Waals surface area contributed by atoms with Crippen LogP contribution in [0.1, 0.15) is 25.0 Å². The lowest BCUT2D eigenvalue weighted by atomic mass is 10.1. The van der Waals surface area contributed by atoms with Crippen LogP contribution in [-0.2, 0) is 0 Å². The molecule has 0 fully saturated rings. The second kappa shape index (κ2) is 9.61. The van der Waals surface area contributed by atoms with Crippen LogP contribution < -0.4 is 10.1 Å². The van der Waals surface area contributed by atoms with Gasteiger partial charge in [-0.2, -0.15) is 0 Å². The van der Waals surface area contributed by atoms with E-state index >= 15 is 0 Å². The number of amides is 1. The molecule has 1 amide bonds. The van der Waals surface area contributed by atoms with E-state index < -0.39 is 0 Å². The largest absolute Gasteiger partial charge is 0.412 e. The topological polar surface area (TPSA) is 41.6 Å². The minimum Gasteiger partial charge on any atom is -0.410 e. The first kappa shape index (κ1) is 18.7. The van der Waals surface area contributed by atoms with E-state index in [9.17, 15) is 4.79 Å². The number of para-hydroxylation sites is 1. The third-order valence-corrected chi connectivity index (χ3v) is 3.20. The first-order chi connectivity index (χ1) is 9.08. The summed E-state index contributed by atoms with van der Waals surface area (Å²) in [4.78, 5) is 14.0. The molecule has 1 rings (SSSR count). The molecule has 0 aliphatic carbocycles. The van der Waals surface area contributed by atoms with E-state index in [1.165, 1.54) is 0 Å². The number of hydrogen-bond donors (Lipinski definition) is 1. The lowest BCUT2D eigenvalue weighted by Gasteiger charge is -2.18. The summed E-state index contributed by atoms with van der Waals surface area (Å²) in [5, 5.41) is 2.78. The van der Waals surface area contributed by atoms with Crippen molar-refractivity contribution in [2.24, 2.45) is 0 Å². The van der Waals surface area contributed by atoms with Crippen molar-refractivity contribution in [2.45, 2.75) is 27.7 Å². The normalized spacial score (nSPS) is 10.1. The van der Waals surface area contributed by atoms with Crippen LogP contribution >= 0.6 is 12.4 Å². The average molecular weight is 301 g/mol. The molecular weight excluding hydrogens is 276 g/mol. The van der Waals surface area contributed by atoms with E-state index in [0.717, 1.165) is 30.8 Å². The molecule has 0 heterocycles. The Kier molecular flexibility index (Phi) is 9.01. The minimum absolute atomic E-state index is 0. The molecular formula is C15H25ClN2O2. The summed E-state index contributed by atoms with van der Waals surface area (Å²) in [5.74, 6) is 0.655. The smallest absolute Gasteiger partial charge is 0.410 e. The fraction of sp³-hybridized carbons (Fsp3) is 0.533. The van der Waals surface area contributed by atoms with E-state index in [4.69, 9.17) is 4.74 Å². The van der Waals surface area contributed by atoms with Crippen LogP contribution in [0.2, 0.25) is 0 Å². The Bertz CT molecular complexity index is 400. The van der Waals surface area contributed by atoms with Crippen LogP contribution in [0.3, 0.4) is 0 Å². The standard InChI is InChI=1S/C15H24N2O2.ClH/c1-5-17(6-2)11-10-16-15(18)19-14-12(3)8-7-9-13(14)4;/h7-9H,5-6,10-11H2,1-4H3,(H,16,18);1H. The highest BCUT2D eigenvalue weighted by molar-refractivity contribution is 5.85. The van der Waals surface area contributed by atoms with E-state index in [1.807, 2.05) is 32.0 Å². The van der Waals surface area contributed by atoms with Crippen molar-refractivity contribution < 1.29 is 9.53 Å². The first-order valence-electron chi connectivity index (χ1n) is 6.82. The molecule has 0 spiro atoms. The zero-order valence-corrected chi connectivity index (χ0v) is 13.5. The van der Waals surface area contributed by atoms with Crippen LogP contribution in [0.4, 0.5) is 4.79 Å². The van der Waals surface area contributed by atoms with Gasteiger partial charge in [-0.25, -0.2) is 4.79 Å². The summed E-state index contributed by atoms with van der Waals surface area (Å²) < 4.78 is 5.36. The third kappa shape index (κ3) is 5.80. The summed E-state index contributed by atoms with van der Waals surface area (Å²) in [5.41, 5.74) is 1.94. The maximum atomic E-state index is 11.7. The van der Waals surface area contributed by atoms with Gasteiger partial charge >= 0.3 is 6.09 Å². The summed E-state index contributed by atoms with van der Waals surface area (Å²) in [7, 11) is 0. The SMILES string of the molecule is CCN(CC)CCNC(=O)Oc1c(C)cccc1C.Cl. The summed E-state index contributed by atoms with van der Waals surface area (Å²) >= 11 is 0. The van der Waals surface area contributed by atoms with Gasteiger partial charge in [-0.3, -0.25) is 0 Å². The Balaban J connectivity index is 0.00000361. The van der Waals surface area contributed by atoms with Crippen LogP contribution in [0.25, 0.3) is 0 Å². The van der Waals surface area contributed by atoms with Crippen molar-refractivity contribution in [3.05, 3.63) is 29.3 Å². The average Bonchev–Trinajstić information content (AvgIpc) is 2.39. The number of nitrogens with one attached hydrogen (secondary N) is 1. The van der Waals surface area contributed by atoms with Crippen molar-refractivity contribution in [2.75, 3.05) is 26.2 Å². The van der Waals surface area contributed by atoms with Crippen LogP contribution in [0.15, 0.2) is 18.2 Å². The molecule has 1 aromatic carbocycles. The number of halogens is 1. The molecule has 1 aromatic rings. The highest BCUT2D eigenvalue weighted by Gasteiger charge is 2.09. The van der Waals surface area contributed by atoms with Crippen LogP contribution in [-0.4, -0.2) is 37.2 Å². The molecule has 0 aliphatic rings. The molecule has 20 heavy (non-hydrogen) atoms. The molecule has 1 N–H and O–H groups in total. The van der Waals surface area contributed by atoms with Gasteiger partial charge in [0.25, 0.3) is 0 Å². The van der Waals surface area contributed by atoms with Gasteiger partial charge in [0, 0.05) is 13.1 Å². The first-order valence-corrected chi connectivity index (χ1v) is 6.82. The molecule has 0 radical (unpaired) electrons. The number of likely N-dealkylation sites (N-methyl/N-ethyl adjacent to an activating group) is 1. The maximum absolute atomic E-state index is 11.7. The Morgan fingerprint density at radius 1 is 1.20 bits per heavy atom. The number of carbonyl (C=O) groups excluding carboxylic acids is 1. The van der Waals surface area contributed by atoms with Gasteiger partial charge in [0.1, 0.15) is 5.75 Å². The predicted octanol–water partition coefficient (Wildman–Crippen LogP) is 3.16. The van der Waals surface area contributed by atoms with E-state index in [-0.39, 0.29) is 18.5 Å². The third-order valence-electron chi connectivity index (χ3n) is 3.20. The molecule has 0 saturated carbocycles. The second-order valence-electron chi connectivity index (χ2n) is 4.56. The van der Waals surface area contributed by atoms with Crippen molar-refractivity contribution in [1.82, 2.24) is 10.2 Å². The number of hydrogen-bond acceptors (Lipinski definition) is 3. The monoisotopic (exact) mass is 300 g/mol. The Labute approximate surface area is 127 Å². The quantitative estimate of drug-likeness (QED) is 0.877. The molecule has 0 unspecified atom stereocenters. The number of aryl methyl sites for hydroxylation is 2. The summed E-state index contributed by atoms with van der Waals surface area (Å²) in [6.07, 6.45) is -0.385. The van der Waals surface area contributed by atoms with Gasteiger partial charge in [0.15, 0.2) is 0 Å². The number of carbonyl (C=O) groups is 1. The molecule has 114 valence electrons. The number of benzene rings is 1. The highest BCUT2D eigenvalue weighted by Crippen LogP contribution is 2.22. The fourth-order valence-corrected chi connectivity index (χ4v) is 1.94. The lowest BCUT2D eigenvalue weighted by molar-refractivity contribution is 0.197. The molecule has 4 nitrogen and oxygen atoms in total. The maximum Gasteiger partial charge on any atom is 0.412 e. The Morgan fingerprint density at radius 3 is 2.25 bits per heavy atom. The van der Waals surface area contributed by atoms with Gasteiger partial charge in [-0.15, -0.1) is 12.4 Å². The number of nitrogens with zero attached hydrogens (tertiary/aromatic N) is 1. The Hall–Kier alpha value is -1.26. The zero-order chi connectivity index (χ0) is 14.3. The van der Waals surface area contributed by atoms with Crippen molar-refractivity contribution in [1.29, 1.82) is 0 Å². The minimum atomic E-state index is -0.385. The van der Waals surface area contributed by atoms with Crippen molar-refractivity contribution in [3.8, 4) is 5.75 Å². The fourth-order valence-electron chi connectivity index (χ4n) is 1.94. The molecule has 0 aliphatic heterocycles. The van der Waals surface area contributed by atoms with Gasteiger partial charge in [0.2, 0.25) is 0 Å². The number of ether oxygens (including phenoxy) is 1. The Morgan fingerprint density at radius 2 is 1.75 bits per heavy atom. The van der Waals surface area contributed by atoms with Crippen LogP contribution in [0.5, 0.6) is 5.75 Å². The second-order valence-corrected chi connectivity index (χ2v) is 4.56. The zero-order valence-electron chi connectivity index (χ0n) is 12.7. The van der Waals surface area contributed by atoms with Gasteiger partial charge in [-0.05, 0) is 38.1 Å². The molecule has 0 saturated heterocycles. The molecule has 0 atom stereocenters. The summed E-state index contributed by atoms with van der Waals surface area (Å²) in [6.45, 7) is 11.5. The van der Waals surface area contributed by atoms with Gasteiger partial charge in [-0.1, -0.05) is 32.0 Å². The summed E-state index contributed by atoms with van der Waals surface area (Å²) in [6, 6.07) is 5.83. The van der Waals surface area contributed by atoms with Crippen molar-refractivity contribution in [3.63, 3.8) is 0 Å². The molecule has 0 aromatic heterocycles. The lowest BCUT2D eigenvalue weighted by Crippen LogP contribution is -2.36. The molecule has 0 bridgehead atoms. The molecule has 5 heteroatoms. The van der Waals surface area contributed by atoms with Crippen LogP contribution in [0, 0.1) is 13.8 Å². The van der Waals surface area contributed by atoms with E-state index in [2.05, 4.69) is 24.1 Å². The number of rotatable bonds is 6.